The molecule has 0 radical (unpaired) electrons. The maximum atomic E-state index is 12.4. The summed E-state index contributed by atoms with van der Waals surface area (Å²) in [4.78, 5) is 23.1. The van der Waals surface area contributed by atoms with Crippen LogP contribution in [0.5, 0.6) is 0 Å². The van der Waals surface area contributed by atoms with Gasteiger partial charge in [0, 0.05) is 5.69 Å². The third kappa shape index (κ3) is 3.08. The van der Waals surface area contributed by atoms with Crippen LogP contribution in [-0.4, -0.2) is 29.6 Å². The van der Waals surface area contributed by atoms with Gasteiger partial charge in [0.05, 0.1) is 12.5 Å². The third-order valence-electron chi connectivity index (χ3n) is 4.58. The molecule has 1 aliphatic carbocycles. The lowest BCUT2D eigenvalue weighted by Gasteiger charge is -2.18. The molecule has 112 valence electrons. The van der Waals surface area contributed by atoms with Crippen LogP contribution < -0.4 is 10.6 Å². The van der Waals surface area contributed by atoms with Crippen molar-refractivity contribution in [2.75, 3.05) is 11.9 Å². The first kappa shape index (κ1) is 14.1. The fraction of sp³-hybridized carbons (Fsp3) is 0.500. The van der Waals surface area contributed by atoms with E-state index in [-0.39, 0.29) is 18.4 Å². The number of amides is 1. The maximum Gasteiger partial charge on any atom is 0.307 e. The van der Waals surface area contributed by atoms with E-state index in [1.807, 2.05) is 0 Å². The summed E-state index contributed by atoms with van der Waals surface area (Å²) in [7, 11) is 0. The molecule has 5 heteroatoms. The number of hydrogen-bond donors (Lipinski definition) is 3. The molecule has 1 saturated carbocycles. The van der Waals surface area contributed by atoms with Gasteiger partial charge in [-0.3, -0.25) is 9.59 Å². The second-order valence-corrected chi connectivity index (χ2v) is 6.00. The second-order valence-electron chi connectivity index (χ2n) is 6.00. The molecule has 1 aromatic carbocycles. The molecule has 0 bridgehead atoms. The van der Waals surface area contributed by atoms with Crippen molar-refractivity contribution in [3.05, 3.63) is 29.8 Å². The Bertz CT molecular complexity index is 558. The lowest BCUT2D eigenvalue weighted by atomic mass is 9.93. The smallest absolute Gasteiger partial charge is 0.307 e. The van der Waals surface area contributed by atoms with Crippen LogP contribution in [0.1, 0.15) is 24.8 Å². The van der Waals surface area contributed by atoms with Crippen LogP contribution in [0.25, 0.3) is 0 Å². The molecule has 1 aromatic rings. The molecule has 5 nitrogen and oxygen atoms in total. The molecular formula is C16H20N2O3. The lowest BCUT2D eigenvalue weighted by Crippen LogP contribution is -2.39. The highest BCUT2D eigenvalue weighted by molar-refractivity contribution is 5.95. The number of carbonyl (C=O) groups is 2. The molecule has 2 aliphatic rings. The van der Waals surface area contributed by atoms with Gasteiger partial charge in [-0.15, -0.1) is 0 Å². The number of rotatable bonds is 4. The van der Waals surface area contributed by atoms with Gasteiger partial charge in [0.1, 0.15) is 0 Å². The van der Waals surface area contributed by atoms with Gasteiger partial charge in [-0.25, -0.2) is 0 Å². The predicted octanol–water partition coefficient (Wildman–Crippen LogP) is 1.64. The molecule has 0 spiro atoms. The molecule has 3 unspecified atom stereocenters. The zero-order valence-electron chi connectivity index (χ0n) is 11.8. The van der Waals surface area contributed by atoms with Crippen LogP contribution in [0.4, 0.5) is 5.69 Å². The quantitative estimate of drug-likeness (QED) is 0.787. The second kappa shape index (κ2) is 5.85. The van der Waals surface area contributed by atoms with Gasteiger partial charge in [-0.2, -0.15) is 0 Å². The minimum atomic E-state index is -0.871. The molecule has 1 amide bonds. The van der Waals surface area contributed by atoms with E-state index in [0.29, 0.717) is 23.1 Å². The highest BCUT2D eigenvalue weighted by Gasteiger charge is 2.42. The van der Waals surface area contributed by atoms with Crippen molar-refractivity contribution in [1.82, 2.24) is 5.32 Å². The normalized spacial score (nSPS) is 27.3. The zero-order chi connectivity index (χ0) is 14.8. The minimum absolute atomic E-state index is 0.00289. The summed E-state index contributed by atoms with van der Waals surface area (Å²) in [6.45, 7) is 0.932. The van der Waals surface area contributed by atoms with E-state index < -0.39 is 5.97 Å². The summed E-state index contributed by atoms with van der Waals surface area (Å²) in [5.74, 6) is 0.216. The fourth-order valence-electron chi connectivity index (χ4n) is 3.63. The number of carboxylic acids is 1. The SMILES string of the molecule is O=C(O)Cc1cccc(NC(=O)C2NCC3CCCC32)c1. The van der Waals surface area contributed by atoms with Gasteiger partial charge in [-0.05, 0) is 48.9 Å². The number of carbonyl (C=O) groups excluding carboxylic acids is 1. The Morgan fingerprint density at radius 3 is 3.00 bits per heavy atom. The molecule has 21 heavy (non-hydrogen) atoms. The van der Waals surface area contributed by atoms with Crippen LogP contribution in [0.2, 0.25) is 0 Å². The Labute approximate surface area is 123 Å². The van der Waals surface area contributed by atoms with Crippen molar-refractivity contribution in [1.29, 1.82) is 0 Å². The average Bonchev–Trinajstić information content (AvgIpc) is 2.99. The molecule has 1 saturated heterocycles. The van der Waals surface area contributed by atoms with E-state index in [1.54, 1.807) is 24.3 Å². The molecule has 3 rings (SSSR count). The predicted molar refractivity (Wildman–Crippen MR) is 79.0 cm³/mol. The molecule has 3 atom stereocenters. The monoisotopic (exact) mass is 288 g/mol. The van der Waals surface area contributed by atoms with Crippen molar-refractivity contribution in [2.24, 2.45) is 11.8 Å². The highest BCUT2D eigenvalue weighted by Crippen LogP contribution is 2.37. The van der Waals surface area contributed by atoms with Crippen LogP contribution in [-0.2, 0) is 16.0 Å². The number of fused-ring (bicyclic) bond motifs is 1. The first-order chi connectivity index (χ1) is 10.1. The van der Waals surface area contributed by atoms with E-state index in [0.717, 1.165) is 13.0 Å². The van der Waals surface area contributed by atoms with Gasteiger partial charge in [0.15, 0.2) is 0 Å². The summed E-state index contributed by atoms with van der Waals surface area (Å²) in [6.07, 6.45) is 3.52. The van der Waals surface area contributed by atoms with Gasteiger partial charge in [0.2, 0.25) is 5.91 Å². The molecule has 3 N–H and O–H groups in total. The fourth-order valence-corrected chi connectivity index (χ4v) is 3.63. The van der Waals surface area contributed by atoms with E-state index in [1.165, 1.54) is 12.8 Å². The molecular weight excluding hydrogens is 268 g/mol. The molecule has 1 aliphatic heterocycles. The van der Waals surface area contributed by atoms with Gasteiger partial charge < -0.3 is 15.7 Å². The van der Waals surface area contributed by atoms with E-state index in [4.69, 9.17) is 5.11 Å². The van der Waals surface area contributed by atoms with Crippen LogP contribution in [0.3, 0.4) is 0 Å². The van der Waals surface area contributed by atoms with Crippen molar-refractivity contribution in [2.45, 2.75) is 31.7 Å². The summed E-state index contributed by atoms with van der Waals surface area (Å²) in [5.41, 5.74) is 1.36. The van der Waals surface area contributed by atoms with Crippen molar-refractivity contribution < 1.29 is 14.7 Å². The number of anilines is 1. The highest BCUT2D eigenvalue weighted by atomic mass is 16.4. The topological polar surface area (TPSA) is 78.4 Å². The first-order valence-corrected chi connectivity index (χ1v) is 7.48. The van der Waals surface area contributed by atoms with Crippen LogP contribution in [0.15, 0.2) is 24.3 Å². The Kier molecular flexibility index (Phi) is 3.92. The number of hydrogen-bond acceptors (Lipinski definition) is 3. The molecule has 1 heterocycles. The number of benzene rings is 1. The summed E-state index contributed by atoms with van der Waals surface area (Å²) in [5, 5.41) is 15.1. The van der Waals surface area contributed by atoms with E-state index in [2.05, 4.69) is 10.6 Å². The van der Waals surface area contributed by atoms with E-state index >= 15 is 0 Å². The Morgan fingerprint density at radius 1 is 1.33 bits per heavy atom. The van der Waals surface area contributed by atoms with Crippen molar-refractivity contribution >= 4 is 17.6 Å². The lowest BCUT2D eigenvalue weighted by molar-refractivity contribution is -0.136. The van der Waals surface area contributed by atoms with Gasteiger partial charge in [-0.1, -0.05) is 18.6 Å². The number of aliphatic carboxylic acids is 1. The largest absolute Gasteiger partial charge is 0.481 e. The first-order valence-electron chi connectivity index (χ1n) is 7.48. The van der Waals surface area contributed by atoms with Crippen LogP contribution in [0, 0.1) is 11.8 Å². The number of nitrogens with one attached hydrogen (secondary N) is 2. The van der Waals surface area contributed by atoms with Gasteiger partial charge >= 0.3 is 5.97 Å². The van der Waals surface area contributed by atoms with Gasteiger partial charge in [0.25, 0.3) is 0 Å². The Balaban J connectivity index is 1.66. The van der Waals surface area contributed by atoms with Crippen molar-refractivity contribution in [3.63, 3.8) is 0 Å². The average molecular weight is 288 g/mol. The van der Waals surface area contributed by atoms with Crippen LogP contribution >= 0.6 is 0 Å². The molecule has 0 aromatic heterocycles. The summed E-state index contributed by atoms with van der Waals surface area (Å²) < 4.78 is 0. The third-order valence-corrected chi connectivity index (χ3v) is 4.58. The standard InChI is InChI=1S/C16H20N2O3/c19-14(20)8-10-3-1-5-12(7-10)18-16(21)15-13-6-2-4-11(13)9-17-15/h1,3,5,7,11,13,15,17H,2,4,6,8-9H2,(H,18,21)(H,19,20). The minimum Gasteiger partial charge on any atom is -0.481 e. The zero-order valence-corrected chi connectivity index (χ0v) is 11.8. The summed E-state index contributed by atoms with van der Waals surface area (Å²) >= 11 is 0. The Morgan fingerprint density at radius 2 is 2.19 bits per heavy atom. The van der Waals surface area contributed by atoms with Crippen molar-refractivity contribution in [3.8, 4) is 0 Å². The van der Waals surface area contributed by atoms with E-state index in [9.17, 15) is 9.59 Å². The molecule has 2 fully saturated rings. The Hall–Kier alpha value is -1.88. The summed E-state index contributed by atoms with van der Waals surface area (Å²) in [6, 6.07) is 6.94. The maximum absolute atomic E-state index is 12.4. The number of carboxylic acid groups (broad SMARTS) is 1.